The highest BCUT2D eigenvalue weighted by Crippen LogP contribution is 2.19. The normalized spacial score (nSPS) is 13.1. The van der Waals surface area contributed by atoms with E-state index in [9.17, 15) is 9.50 Å². The molecule has 0 aliphatic rings. The molecule has 0 aliphatic carbocycles. The van der Waals surface area contributed by atoms with Crippen molar-refractivity contribution in [3.63, 3.8) is 0 Å². The molecule has 0 bridgehead atoms. The van der Waals surface area contributed by atoms with E-state index < -0.39 is 6.10 Å². The highest BCUT2D eigenvalue weighted by molar-refractivity contribution is 14.0. The van der Waals surface area contributed by atoms with E-state index in [1.54, 1.807) is 19.2 Å². The van der Waals surface area contributed by atoms with Crippen molar-refractivity contribution in [2.75, 3.05) is 26.7 Å². The Morgan fingerprint density at radius 2 is 1.83 bits per heavy atom. The Morgan fingerprint density at radius 3 is 2.48 bits per heavy atom. The molecular weight excluding hydrogens is 488 g/mol. The van der Waals surface area contributed by atoms with Crippen LogP contribution in [0.5, 0.6) is 11.5 Å². The molecule has 2 aromatic carbocycles. The van der Waals surface area contributed by atoms with Gasteiger partial charge in [-0.05, 0) is 43.7 Å². The summed E-state index contributed by atoms with van der Waals surface area (Å²) >= 11 is 0. The summed E-state index contributed by atoms with van der Waals surface area (Å²) in [5.41, 5.74) is 0.621. The lowest BCUT2D eigenvalue weighted by Gasteiger charge is -2.18. The van der Waals surface area contributed by atoms with Crippen molar-refractivity contribution in [2.45, 2.75) is 26.1 Å². The summed E-state index contributed by atoms with van der Waals surface area (Å²) in [7, 11) is 1.61. The number of nitrogens with one attached hydrogen (secondary N) is 2. The molecule has 0 aromatic heterocycles. The predicted octanol–water partition coefficient (Wildman–Crippen LogP) is 3.51. The number of hydrogen-bond acceptors (Lipinski definition) is 4. The molecule has 0 aliphatic heterocycles. The SMILES string of the molecule is CCNC(=NCC(O)c1ccc(F)cc1)NCC(C)Oc1cccc(OC)c1.I. The minimum Gasteiger partial charge on any atom is -0.497 e. The van der Waals surface area contributed by atoms with Gasteiger partial charge in [0, 0.05) is 12.6 Å². The van der Waals surface area contributed by atoms with Crippen LogP contribution >= 0.6 is 24.0 Å². The van der Waals surface area contributed by atoms with Gasteiger partial charge in [0.25, 0.3) is 0 Å². The molecule has 0 saturated carbocycles. The standard InChI is InChI=1S/C21H28FN3O3.HI/c1-4-23-21(25-14-20(26)16-8-10-17(22)11-9-16)24-13-15(2)28-19-7-5-6-18(12-19)27-3;/h5-12,15,20,26H,4,13-14H2,1-3H3,(H2,23,24,25);1H. The summed E-state index contributed by atoms with van der Waals surface area (Å²) in [6.45, 7) is 5.28. The zero-order valence-corrected chi connectivity index (χ0v) is 19.2. The quantitative estimate of drug-likeness (QED) is 0.270. The molecular formula is C21H29FIN3O3. The first kappa shape index (κ1) is 25.0. The second-order valence-corrected chi connectivity index (χ2v) is 6.28. The van der Waals surface area contributed by atoms with E-state index in [-0.39, 0.29) is 42.4 Å². The monoisotopic (exact) mass is 517 g/mol. The summed E-state index contributed by atoms with van der Waals surface area (Å²) in [5, 5.41) is 16.6. The molecule has 0 amide bonds. The maximum atomic E-state index is 13.0. The molecule has 0 spiro atoms. The topological polar surface area (TPSA) is 75.1 Å². The Kier molecular flexibility index (Phi) is 11.4. The van der Waals surface area contributed by atoms with Gasteiger partial charge in [-0.2, -0.15) is 0 Å². The number of nitrogens with zero attached hydrogens (tertiary/aromatic N) is 1. The number of ether oxygens (including phenoxy) is 2. The highest BCUT2D eigenvalue weighted by Gasteiger charge is 2.09. The average molecular weight is 517 g/mol. The Hall–Kier alpha value is -2.07. The minimum atomic E-state index is -0.804. The number of guanidine groups is 1. The van der Waals surface area contributed by atoms with Crippen LogP contribution in [0.2, 0.25) is 0 Å². The van der Waals surface area contributed by atoms with Crippen molar-refractivity contribution in [3.8, 4) is 11.5 Å². The number of benzene rings is 2. The second kappa shape index (κ2) is 13.2. The molecule has 2 rings (SSSR count). The van der Waals surface area contributed by atoms with E-state index in [4.69, 9.17) is 9.47 Å². The van der Waals surface area contributed by atoms with Crippen LogP contribution in [0, 0.1) is 5.82 Å². The molecule has 0 heterocycles. The zero-order valence-electron chi connectivity index (χ0n) is 16.9. The molecule has 6 nitrogen and oxygen atoms in total. The van der Waals surface area contributed by atoms with E-state index in [1.165, 1.54) is 12.1 Å². The first-order valence-corrected chi connectivity index (χ1v) is 9.28. The van der Waals surface area contributed by atoms with Crippen molar-refractivity contribution in [1.82, 2.24) is 10.6 Å². The number of aliphatic imine (C=N–C) groups is 1. The molecule has 3 N–H and O–H groups in total. The van der Waals surface area contributed by atoms with Gasteiger partial charge in [-0.15, -0.1) is 24.0 Å². The van der Waals surface area contributed by atoms with Crippen LogP contribution in [0.1, 0.15) is 25.5 Å². The van der Waals surface area contributed by atoms with Crippen LogP contribution in [0.15, 0.2) is 53.5 Å². The maximum Gasteiger partial charge on any atom is 0.191 e. The van der Waals surface area contributed by atoms with Crippen molar-refractivity contribution in [2.24, 2.45) is 4.99 Å². The lowest BCUT2D eigenvalue weighted by Crippen LogP contribution is -2.42. The molecule has 2 unspecified atom stereocenters. The maximum absolute atomic E-state index is 13.0. The number of hydrogen-bond donors (Lipinski definition) is 3. The first-order valence-electron chi connectivity index (χ1n) is 9.28. The predicted molar refractivity (Wildman–Crippen MR) is 124 cm³/mol. The molecule has 160 valence electrons. The van der Waals surface area contributed by atoms with E-state index in [2.05, 4.69) is 15.6 Å². The highest BCUT2D eigenvalue weighted by atomic mass is 127. The number of methoxy groups -OCH3 is 1. The lowest BCUT2D eigenvalue weighted by atomic mass is 10.1. The third-order valence-corrected chi connectivity index (χ3v) is 3.96. The summed E-state index contributed by atoms with van der Waals surface area (Å²) < 4.78 is 24.1. The third kappa shape index (κ3) is 8.86. The van der Waals surface area contributed by atoms with Crippen molar-refractivity contribution >= 4 is 29.9 Å². The average Bonchev–Trinajstić information content (AvgIpc) is 2.70. The van der Waals surface area contributed by atoms with Gasteiger partial charge in [-0.3, -0.25) is 4.99 Å². The van der Waals surface area contributed by atoms with Gasteiger partial charge < -0.3 is 25.2 Å². The van der Waals surface area contributed by atoms with Crippen molar-refractivity contribution in [1.29, 1.82) is 0 Å². The molecule has 0 fully saturated rings. The molecule has 29 heavy (non-hydrogen) atoms. The smallest absolute Gasteiger partial charge is 0.191 e. The van der Waals surface area contributed by atoms with Gasteiger partial charge >= 0.3 is 0 Å². The number of halogens is 2. The molecule has 2 atom stereocenters. The Labute approximate surface area is 188 Å². The van der Waals surface area contributed by atoms with Crippen LogP contribution in [-0.4, -0.2) is 43.9 Å². The largest absolute Gasteiger partial charge is 0.497 e. The Morgan fingerprint density at radius 1 is 1.14 bits per heavy atom. The van der Waals surface area contributed by atoms with Crippen LogP contribution in [0.3, 0.4) is 0 Å². The summed E-state index contributed by atoms with van der Waals surface area (Å²) in [5.74, 6) is 1.70. The van der Waals surface area contributed by atoms with Crippen LogP contribution in [0.25, 0.3) is 0 Å². The minimum absolute atomic E-state index is 0. The number of rotatable bonds is 9. The second-order valence-electron chi connectivity index (χ2n) is 6.28. The van der Waals surface area contributed by atoms with E-state index in [0.29, 0.717) is 24.6 Å². The van der Waals surface area contributed by atoms with Gasteiger partial charge in [0.2, 0.25) is 0 Å². The van der Waals surface area contributed by atoms with Crippen LogP contribution in [-0.2, 0) is 0 Å². The molecule has 0 radical (unpaired) electrons. The molecule has 2 aromatic rings. The van der Waals surface area contributed by atoms with Gasteiger partial charge in [-0.1, -0.05) is 18.2 Å². The zero-order chi connectivity index (χ0) is 20.4. The fourth-order valence-corrected chi connectivity index (χ4v) is 2.50. The van der Waals surface area contributed by atoms with Gasteiger partial charge in [0.1, 0.15) is 23.4 Å². The van der Waals surface area contributed by atoms with E-state index >= 15 is 0 Å². The fraction of sp³-hybridized carbons (Fsp3) is 0.381. The van der Waals surface area contributed by atoms with Gasteiger partial charge in [-0.25, -0.2) is 4.39 Å². The van der Waals surface area contributed by atoms with Gasteiger partial charge in [0.05, 0.1) is 26.3 Å². The summed E-state index contributed by atoms with van der Waals surface area (Å²) in [4.78, 5) is 4.39. The van der Waals surface area contributed by atoms with E-state index in [0.717, 1.165) is 11.5 Å². The summed E-state index contributed by atoms with van der Waals surface area (Å²) in [6, 6.07) is 13.2. The molecule has 0 saturated heterocycles. The third-order valence-electron chi connectivity index (χ3n) is 3.96. The van der Waals surface area contributed by atoms with Crippen LogP contribution < -0.4 is 20.1 Å². The number of aliphatic hydroxyl groups is 1. The van der Waals surface area contributed by atoms with E-state index in [1.807, 2.05) is 38.1 Å². The lowest BCUT2D eigenvalue weighted by molar-refractivity contribution is 0.187. The first-order chi connectivity index (χ1) is 13.5. The Balaban J connectivity index is 0.00000420. The van der Waals surface area contributed by atoms with Crippen molar-refractivity contribution < 1.29 is 19.0 Å². The fourth-order valence-electron chi connectivity index (χ4n) is 2.50. The van der Waals surface area contributed by atoms with Crippen molar-refractivity contribution in [3.05, 3.63) is 59.9 Å². The molecule has 8 heteroatoms. The van der Waals surface area contributed by atoms with Crippen LogP contribution in [0.4, 0.5) is 4.39 Å². The number of aliphatic hydroxyl groups excluding tert-OH is 1. The Bertz CT molecular complexity index is 759. The van der Waals surface area contributed by atoms with Gasteiger partial charge in [0.15, 0.2) is 5.96 Å². The summed E-state index contributed by atoms with van der Waals surface area (Å²) in [6.07, 6.45) is -0.917.